The minimum absolute atomic E-state index is 0.182. The Balaban J connectivity index is 0.000000161. The highest BCUT2D eigenvalue weighted by atomic mass is 32.1. The van der Waals surface area contributed by atoms with Gasteiger partial charge in [0.1, 0.15) is 10.8 Å². The van der Waals surface area contributed by atoms with Crippen LogP contribution in [-0.4, -0.2) is 52.7 Å². The second-order valence-corrected chi connectivity index (χ2v) is 6.74. The fourth-order valence-corrected chi connectivity index (χ4v) is 3.18. The van der Waals surface area contributed by atoms with Gasteiger partial charge in [-0.1, -0.05) is 12.1 Å². The van der Waals surface area contributed by atoms with Gasteiger partial charge >= 0.3 is 0 Å². The maximum Gasteiger partial charge on any atom is 0.268 e. The Labute approximate surface area is 165 Å². The highest BCUT2D eigenvalue weighted by molar-refractivity contribution is 7.07. The zero-order valence-corrected chi connectivity index (χ0v) is 16.1. The molecule has 1 atom stereocenters. The topological polar surface area (TPSA) is 130 Å². The number of thiazole rings is 1. The zero-order valence-electron chi connectivity index (χ0n) is 15.3. The predicted octanol–water partition coefficient (Wildman–Crippen LogP) is 2.07. The first-order valence-corrected chi connectivity index (χ1v) is 9.65. The molecular weight excluding hydrogens is 382 g/mol. The molecule has 1 saturated heterocycles. The van der Waals surface area contributed by atoms with Crippen LogP contribution >= 0.6 is 11.3 Å². The van der Waals surface area contributed by atoms with Gasteiger partial charge in [0.15, 0.2) is 10.9 Å². The van der Waals surface area contributed by atoms with Gasteiger partial charge in [0, 0.05) is 31.5 Å². The summed E-state index contributed by atoms with van der Waals surface area (Å²) in [5, 5.41) is 19.9. The highest BCUT2D eigenvalue weighted by Crippen LogP contribution is 2.19. The second kappa shape index (κ2) is 9.76. The molecule has 4 rings (SSSR count). The molecule has 0 aliphatic carbocycles. The summed E-state index contributed by atoms with van der Waals surface area (Å²) in [5.74, 6) is 1.44. The van der Waals surface area contributed by atoms with Crippen molar-refractivity contribution >= 4 is 28.3 Å². The minimum Gasteiger partial charge on any atom is -0.381 e. The quantitative estimate of drug-likeness (QED) is 0.263. The first kappa shape index (κ1) is 19.7. The van der Waals surface area contributed by atoms with Gasteiger partial charge in [-0.25, -0.2) is 20.1 Å². The Bertz CT molecular complexity index is 887. The van der Waals surface area contributed by atoms with E-state index in [1.54, 1.807) is 18.4 Å². The Morgan fingerprint density at radius 2 is 2.36 bits per heavy atom. The predicted molar refractivity (Wildman–Crippen MR) is 108 cm³/mol. The number of aromatic amines is 1. The molecule has 0 bridgehead atoms. The number of nitrogens with zero attached hydrogens (tertiary/aromatic N) is 4. The molecule has 0 spiro atoms. The average Bonchev–Trinajstić information content (AvgIpc) is 3.46. The van der Waals surface area contributed by atoms with Crippen molar-refractivity contribution in [2.45, 2.75) is 6.42 Å². The van der Waals surface area contributed by atoms with Crippen molar-refractivity contribution in [2.75, 3.05) is 26.8 Å². The van der Waals surface area contributed by atoms with Gasteiger partial charge in [-0.15, -0.1) is 11.3 Å². The molecule has 1 aromatic carbocycles. The van der Waals surface area contributed by atoms with E-state index >= 15 is 0 Å². The largest absolute Gasteiger partial charge is 0.381 e. The van der Waals surface area contributed by atoms with E-state index in [1.165, 1.54) is 0 Å². The third-order valence-electron chi connectivity index (χ3n) is 4.06. The van der Waals surface area contributed by atoms with Crippen LogP contribution in [0.2, 0.25) is 0 Å². The third-order valence-corrected chi connectivity index (χ3v) is 4.65. The molecule has 1 fully saturated rings. The molecule has 2 aromatic heterocycles. The first-order chi connectivity index (χ1) is 13.7. The lowest BCUT2D eigenvalue weighted by Crippen LogP contribution is -2.38. The maximum atomic E-state index is 10.1. The Hall–Kier alpha value is -3.05. The lowest BCUT2D eigenvalue weighted by Gasteiger charge is -2.09. The molecule has 0 radical (unpaired) electrons. The number of benzene rings is 1. The number of hydrogen-bond acceptors (Lipinski definition) is 6. The third kappa shape index (κ3) is 5.47. The molecule has 1 aliphatic rings. The van der Waals surface area contributed by atoms with Gasteiger partial charge in [-0.3, -0.25) is 0 Å². The highest BCUT2D eigenvalue weighted by Gasteiger charge is 2.16. The number of imidazole rings is 1. The Morgan fingerprint density at radius 1 is 1.50 bits per heavy atom. The smallest absolute Gasteiger partial charge is 0.268 e. The summed E-state index contributed by atoms with van der Waals surface area (Å²) in [6.45, 7) is 2.13. The van der Waals surface area contributed by atoms with Gasteiger partial charge in [-0.2, -0.15) is 0 Å². The Morgan fingerprint density at radius 3 is 3.00 bits per heavy atom. The van der Waals surface area contributed by atoms with Crippen LogP contribution in [0.4, 0.5) is 0 Å². The standard InChI is InChI=1S/C10H7N3S.C7H14N4O3/c1-2-4-8-7(3-1)12-10(13-8)9-5-14-6-11-9;1-8-7(10-11(12)13)9-4-6-2-3-14-5-6/h1-6H,(H,12,13);6H,2-5H2,1H3,(H2,8,9,10). The molecule has 1 unspecified atom stereocenters. The van der Waals surface area contributed by atoms with E-state index in [-0.39, 0.29) is 5.96 Å². The van der Waals surface area contributed by atoms with Gasteiger partial charge in [-0.05, 0) is 18.6 Å². The number of rotatable bonds is 4. The molecule has 3 aromatic rings. The van der Waals surface area contributed by atoms with Crippen LogP contribution in [0.5, 0.6) is 0 Å². The van der Waals surface area contributed by atoms with Crippen LogP contribution in [-0.2, 0) is 4.74 Å². The molecular formula is C17H21N7O3S. The van der Waals surface area contributed by atoms with Crippen LogP contribution in [0.3, 0.4) is 0 Å². The second-order valence-electron chi connectivity index (χ2n) is 6.02. The van der Waals surface area contributed by atoms with Crippen molar-refractivity contribution in [1.29, 1.82) is 0 Å². The van der Waals surface area contributed by atoms with Crippen LogP contribution in [0, 0.1) is 16.0 Å². The van der Waals surface area contributed by atoms with Crippen LogP contribution in [0.25, 0.3) is 22.6 Å². The molecule has 3 N–H and O–H groups in total. The van der Waals surface area contributed by atoms with Crippen molar-refractivity contribution in [1.82, 2.24) is 25.6 Å². The zero-order chi connectivity index (χ0) is 19.8. The number of nitro groups is 1. The summed E-state index contributed by atoms with van der Waals surface area (Å²) in [7, 11) is 1.58. The summed E-state index contributed by atoms with van der Waals surface area (Å²) in [4.78, 5) is 22.0. The van der Waals surface area contributed by atoms with Gasteiger partial charge < -0.3 is 20.4 Å². The summed E-state index contributed by atoms with van der Waals surface area (Å²) < 4.78 is 5.17. The van der Waals surface area contributed by atoms with E-state index in [9.17, 15) is 10.1 Å². The minimum atomic E-state index is -0.732. The number of nitrogens with one attached hydrogen (secondary N) is 3. The molecule has 0 amide bonds. The fourth-order valence-electron chi connectivity index (χ4n) is 2.64. The molecule has 0 saturated carbocycles. The van der Waals surface area contributed by atoms with Crippen molar-refractivity contribution in [3.05, 3.63) is 45.3 Å². The summed E-state index contributed by atoms with van der Waals surface area (Å²) >= 11 is 1.57. The van der Waals surface area contributed by atoms with Crippen molar-refractivity contribution < 1.29 is 9.77 Å². The molecule has 10 nitrogen and oxygen atoms in total. The normalized spacial score (nSPS) is 16.5. The van der Waals surface area contributed by atoms with E-state index in [4.69, 9.17) is 4.74 Å². The van der Waals surface area contributed by atoms with Gasteiger partial charge in [0.05, 0.1) is 23.2 Å². The summed E-state index contributed by atoms with van der Waals surface area (Å²) in [6, 6.07) is 7.97. The fraction of sp³-hybridized carbons (Fsp3) is 0.353. The molecule has 11 heteroatoms. The molecule has 1 aliphatic heterocycles. The van der Waals surface area contributed by atoms with Crippen molar-refractivity contribution in [2.24, 2.45) is 11.0 Å². The first-order valence-electron chi connectivity index (χ1n) is 8.71. The number of hydrazone groups is 1. The molecule has 148 valence electrons. The summed E-state index contributed by atoms with van der Waals surface area (Å²) in [5.41, 5.74) is 4.75. The Kier molecular flexibility index (Phi) is 6.87. The number of H-pyrrole nitrogens is 1. The number of para-hydroxylation sites is 2. The van der Waals surface area contributed by atoms with E-state index < -0.39 is 5.03 Å². The van der Waals surface area contributed by atoms with E-state index in [2.05, 4.69) is 30.7 Å². The average molecular weight is 403 g/mol. The summed E-state index contributed by atoms with van der Waals surface area (Å²) in [6.07, 6.45) is 0.989. The van der Waals surface area contributed by atoms with E-state index in [1.807, 2.05) is 35.2 Å². The number of guanidine groups is 1. The maximum absolute atomic E-state index is 10.1. The number of aromatic nitrogens is 3. The van der Waals surface area contributed by atoms with Crippen molar-refractivity contribution in [3.63, 3.8) is 0 Å². The number of fused-ring (bicyclic) bond motifs is 1. The van der Waals surface area contributed by atoms with Gasteiger partial charge in [0.2, 0.25) is 0 Å². The van der Waals surface area contributed by atoms with E-state index in [0.29, 0.717) is 19.1 Å². The lowest BCUT2D eigenvalue weighted by atomic mass is 10.1. The van der Waals surface area contributed by atoms with Gasteiger partial charge in [0.25, 0.3) is 5.96 Å². The van der Waals surface area contributed by atoms with Crippen molar-refractivity contribution in [3.8, 4) is 11.5 Å². The SMILES string of the molecule is CN/C(=N/[N+](=O)[O-])NCC1CCOC1.c1ccc2[nH]c(-c3cscn3)nc2c1. The molecule has 28 heavy (non-hydrogen) atoms. The number of ether oxygens (including phenoxy) is 1. The lowest BCUT2D eigenvalue weighted by molar-refractivity contribution is -0.485. The van der Waals surface area contributed by atoms with E-state index in [0.717, 1.165) is 35.6 Å². The van der Waals surface area contributed by atoms with Crippen LogP contribution in [0.1, 0.15) is 6.42 Å². The molecule has 3 heterocycles. The van der Waals surface area contributed by atoms with Crippen LogP contribution < -0.4 is 10.6 Å². The monoisotopic (exact) mass is 403 g/mol. The number of hydrogen-bond donors (Lipinski definition) is 3. The van der Waals surface area contributed by atoms with Crippen LogP contribution in [0.15, 0.2) is 40.3 Å².